The third-order valence-electron chi connectivity index (χ3n) is 19.1. The molecule has 0 atom stereocenters. The minimum atomic E-state index is 0.0107. The van der Waals surface area contributed by atoms with Crippen molar-refractivity contribution in [3.63, 3.8) is 0 Å². The molecule has 0 radical (unpaired) electrons. The number of anilines is 3. The number of rotatable bonds is 4. The lowest BCUT2D eigenvalue weighted by Crippen LogP contribution is -2.55. The number of hydrogen-bond acceptors (Lipinski definition) is 1. The lowest BCUT2D eigenvalue weighted by molar-refractivity contribution is -0.0399. The molecule has 4 bridgehead atoms. The van der Waals surface area contributed by atoms with E-state index in [0.717, 1.165) is 11.8 Å². The average Bonchev–Trinajstić information content (AvgIpc) is 3.53. The maximum absolute atomic E-state index is 2.77. The van der Waals surface area contributed by atoms with Crippen LogP contribution >= 0.6 is 0 Å². The standard InChI is InChI=1S/C64H79N/c1-58(2,3)42-32-41(33-43(34-42)59(4,5)6)50-35-48(38-56-57(50)49-17-15-16-18-51(49)64(56)44-28-39-27-40(30-44)31-45(64)29-39)65(46-19-21-52-54(36-46)62(11,12)25-23-60(52,7)8)47-20-22-53-55(37-47)63(13,14)26-24-61(53,9)10/h15-22,32-40,44-45H,23-31H2,1-14H3. The summed E-state index contributed by atoms with van der Waals surface area (Å²) in [5.74, 6) is 3.15. The Morgan fingerprint density at radius 1 is 0.415 bits per heavy atom. The molecule has 1 nitrogen and oxygen atoms in total. The van der Waals surface area contributed by atoms with Gasteiger partial charge >= 0.3 is 0 Å². The van der Waals surface area contributed by atoms with Crippen LogP contribution in [0.4, 0.5) is 17.1 Å². The number of benzene rings is 5. The van der Waals surface area contributed by atoms with Gasteiger partial charge in [-0.25, -0.2) is 0 Å². The largest absolute Gasteiger partial charge is 0.310 e. The van der Waals surface area contributed by atoms with E-state index >= 15 is 0 Å². The minimum absolute atomic E-state index is 0.0107. The van der Waals surface area contributed by atoms with Crippen LogP contribution in [0, 0.1) is 23.7 Å². The van der Waals surface area contributed by atoms with E-state index in [4.69, 9.17) is 0 Å². The van der Waals surface area contributed by atoms with Gasteiger partial charge in [0.1, 0.15) is 0 Å². The van der Waals surface area contributed by atoms with Crippen molar-refractivity contribution in [2.45, 2.75) is 193 Å². The second-order valence-electron chi connectivity index (χ2n) is 27.3. The Balaban J connectivity index is 1.25. The molecule has 0 N–H and O–H groups in total. The van der Waals surface area contributed by atoms with Gasteiger partial charge < -0.3 is 4.90 Å². The Labute approximate surface area is 394 Å². The molecule has 65 heavy (non-hydrogen) atoms. The lowest BCUT2D eigenvalue weighted by atomic mass is 9.43. The lowest BCUT2D eigenvalue weighted by Gasteiger charge is -2.61. The summed E-state index contributed by atoms with van der Waals surface area (Å²) in [5.41, 5.74) is 22.5. The van der Waals surface area contributed by atoms with Crippen molar-refractivity contribution >= 4 is 17.1 Å². The van der Waals surface area contributed by atoms with Crippen molar-refractivity contribution < 1.29 is 0 Å². The van der Waals surface area contributed by atoms with Gasteiger partial charge in [-0.1, -0.05) is 152 Å². The summed E-state index contributed by atoms with van der Waals surface area (Å²) in [6.45, 7) is 34.3. The van der Waals surface area contributed by atoms with Gasteiger partial charge in [0.15, 0.2) is 0 Å². The monoisotopic (exact) mass is 862 g/mol. The van der Waals surface area contributed by atoms with Crippen LogP contribution < -0.4 is 4.90 Å². The van der Waals surface area contributed by atoms with E-state index in [1.807, 2.05) is 0 Å². The molecule has 4 fully saturated rings. The van der Waals surface area contributed by atoms with E-state index in [2.05, 4.69) is 193 Å². The third kappa shape index (κ3) is 6.56. The number of fused-ring (bicyclic) bond motifs is 5. The fraction of sp³-hybridized carbons (Fsp3) is 0.531. The van der Waals surface area contributed by atoms with E-state index in [-0.39, 0.29) is 37.9 Å². The summed E-state index contributed by atoms with van der Waals surface area (Å²) in [6, 6.07) is 38.2. The Morgan fingerprint density at radius 2 is 0.862 bits per heavy atom. The van der Waals surface area contributed by atoms with Crippen molar-refractivity contribution in [2.75, 3.05) is 4.90 Å². The second-order valence-corrected chi connectivity index (χ2v) is 27.3. The molecular weight excluding hydrogens is 783 g/mol. The normalized spacial score (nSPS) is 27.2. The molecule has 0 aliphatic heterocycles. The van der Waals surface area contributed by atoms with Crippen molar-refractivity contribution in [1.82, 2.24) is 0 Å². The second kappa shape index (κ2) is 14.0. The molecule has 0 heterocycles. The smallest absolute Gasteiger partial charge is 0.0471 e. The molecular formula is C64H79N. The van der Waals surface area contributed by atoms with Crippen molar-refractivity contribution in [1.29, 1.82) is 0 Å². The first-order valence-electron chi connectivity index (χ1n) is 25.9. The SMILES string of the molecule is CC(C)(C)c1cc(-c2cc(N(c3ccc4c(c3)C(C)(C)CCC4(C)C)c3ccc4c(c3)C(C)(C)CCC4(C)C)cc3c2-c2ccccc2C32C3CC4CC(C3)CC2C4)cc(C(C)(C)C)c1. The zero-order valence-electron chi connectivity index (χ0n) is 42.8. The van der Waals surface area contributed by atoms with Crippen LogP contribution in [0.2, 0.25) is 0 Å². The van der Waals surface area contributed by atoms with E-state index in [1.165, 1.54) is 130 Å². The summed E-state index contributed by atoms with van der Waals surface area (Å²) < 4.78 is 0. The molecule has 0 unspecified atom stereocenters. The van der Waals surface area contributed by atoms with Crippen LogP contribution in [-0.2, 0) is 37.9 Å². The summed E-state index contributed by atoms with van der Waals surface area (Å²) in [6.07, 6.45) is 11.8. The van der Waals surface area contributed by atoms with Crippen molar-refractivity contribution in [3.8, 4) is 22.3 Å². The molecule has 5 aromatic rings. The van der Waals surface area contributed by atoms with Crippen molar-refractivity contribution in [3.05, 3.63) is 136 Å². The first-order chi connectivity index (χ1) is 30.4. The fourth-order valence-corrected chi connectivity index (χ4v) is 15.1. The van der Waals surface area contributed by atoms with Gasteiger partial charge in [0.05, 0.1) is 0 Å². The molecule has 0 amide bonds. The molecule has 1 heteroatoms. The summed E-state index contributed by atoms with van der Waals surface area (Å²) in [4.78, 5) is 2.73. The maximum atomic E-state index is 2.77. The predicted molar refractivity (Wildman–Crippen MR) is 278 cm³/mol. The Morgan fingerprint density at radius 3 is 1.34 bits per heavy atom. The minimum Gasteiger partial charge on any atom is -0.310 e. The first-order valence-corrected chi connectivity index (χ1v) is 25.9. The Bertz CT molecular complexity index is 2610. The maximum Gasteiger partial charge on any atom is 0.0471 e. The van der Waals surface area contributed by atoms with Crippen LogP contribution in [0.3, 0.4) is 0 Å². The molecule has 340 valence electrons. The highest BCUT2D eigenvalue weighted by Gasteiger charge is 2.62. The summed E-state index contributed by atoms with van der Waals surface area (Å²) in [5, 5.41) is 0. The molecule has 0 aromatic heterocycles. The van der Waals surface area contributed by atoms with E-state index < -0.39 is 0 Å². The van der Waals surface area contributed by atoms with Gasteiger partial charge in [0.25, 0.3) is 0 Å². The van der Waals surface area contributed by atoms with Crippen LogP contribution in [-0.4, -0.2) is 0 Å². The quantitative estimate of drug-likeness (QED) is 0.174. The predicted octanol–water partition coefficient (Wildman–Crippen LogP) is 17.8. The first kappa shape index (κ1) is 43.5. The molecule has 7 aliphatic rings. The molecule has 4 saturated carbocycles. The van der Waals surface area contributed by atoms with E-state index in [1.54, 1.807) is 11.1 Å². The highest BCUT2D eigenvalue weighted by Crippen LogP contribution is 2.71. The topological polar surface area (TPSA) is 3.24 Å². The summed E-state index contributed by atoms with van der Waals surface area (Å²) in [7, 11) is 0. The van der Waals surface area contributed by atoms with Gasteiger partial charge in [0.2, 0.25) is 0 Å². The van der Waals surface area contributed by atoms with Gasteiger partial charge in [-0.2, -0.15) is 0 Å². The molecule has 0 saturated heterocycles. The number of hydrogen-bond donors (Lipinski definition) is 0. The average molecular weight is 862 g/mol. The number of nitrogens with zero attached hydrogens (tertiary/aromatic N) is 1. The Hall–Kier alpha value is -4.10. The zero-order chi connectivity index (χ0) is 46.0. The van der Waals surface area contributed by atoms with Crippen LogP contribution in [0.15, 0.2) is 91.0 Å². The van der Waals surface area contributed by atoms with Crippen LogP contribution in [0.1, 0.15) is 199 Å². The molecule has 5 aromatic carbocycles. The highest BCUT2D eigenvalue weighted by molar-refractivity contribution is 5.97. The van der Waals surface area contributed by atoms with E-state index in [0.29, 0.717) is 11.8 Å². The van der Waals surface area contributed by atoms with E-state index in [9.17, 15) is 0 Å². The zero-order valence-corrected chi connectivity index (χ0v) is 42.8. The van der Waals surface area contributed by atoms with Gasteiger partial charge in [-0.15, -0.1) is 0 Å². The van der Waals surface area contributed by atoms with Gasteiger partial charge in [0, 0.05) is 22.5 Å². The molecule has 7 aliphatic carbocycles. The third-order valence-corrected chi connectivity index (χ3v) is 19.1. The fourth-order valence-electron chi connectivity index (χ4n) is 15.1. The Kier molecular flexibility index (Phi) is 9.35. The van der Waals surface area contributed by atoms with Crippen molar-refractivity contribution in [2.24, 2.45) is 23.7 Å². The highest BCUT2D eigenvalue weighted by atomic mass is 15.1. The van der Waals surface area contributed by atoms with Gasteiger partial charge in [-0.05, 0) is 217 Å². The van der Waals surface area contributed by atoms with Crippen LogP contribution in [0.25, 0.3) is 22.3 Å². The van der Waals surface area contributed by atoms with Crippen LogP contribution in [0.5, 0.6) is 0 Å². The molecule has 1 spiro atoms. The summed E-state index contributed by atoms with van der Waals surface area (Å²) >= 11 is 0. The molecule has 12 rings (SSSR count). The van der Waals surface area contributed by atoms with Gasteiger partial charge in [-0.3, -0.25) is 0 Å².